The number of rotatable bonds is 6. The average molecular weight is 488 g/mol. The zero-order valence-electron chi connectivity index (χ0n) is 18.6. The highest BCUT2D eigenvalue weighted by molar-refractivity contribution is 7.13. The molecule has 6 nitrogen and oxygen atoms in total. The van der Waals surface area contributed by atoms with Gasteiger partial charge in [-0.1, -0.05) is 12.1 Å². The van der Waals surface area contributed by atoms with Crippen LogP contribution >= 0.6 is 11.3 Å². The van der Waals surface area contributed by atoms with Gasteiger partial charge in [0.2, 0.25) is 6.41 Å². The van der Waals surface area contributed by atoms with Gasteiger partial charge in [-0.25, -0.2) is 4.98 Å². The molecule has 34 heavy (non-hydrogen) atoms. The van der Waals surface area contributed by atoms with Crippen LogP contribution in [0.3, 0.4) is 0 Å². The first kappa shape index (κ1) is 25.0. The number of benzene rings is 2. The maximum Gasteiger partial charge on any atom is 0.416 e. The fourth-order valence-corrected chi connectivity index (χ4v) is 3.73. The van der Waals surface area contributed by atoms with Gasteiger partial charge in [0, 0.05) is 47.8 Å². The molecular weight excluding hydrogens is 463 g/mol. The molecule has 2 heterocycles. The highest BCUT2D eigenvalue weighted by atomic mass is 32.1. The lowest BCUT2D eigenvalue weighted by Gasteiger charge is -2.09. The number of nitrogens with zero attached hydrogens (tertiary/aromatic N) is 2. The molecule has 1 amide bonds. The van der Waals surface area contributed by atoms with E-state index >= 15 is 0 Å². The summed E-state index contributed by atoms with van der Waals surface area (Å²) in [5, 5.41) is 11.8. The normalized spacial score (nSPS) is 12.8. The third-order valence-corrected chi connectivity index (χ3v) is 5.62. The molecule has 4 rings (SSSR count). The van der Waals surface area contributed by atoms with E-state index in [9.17, 15) is 18.0 Å². The Morgan fingerprint density at radius 1 is 1.09 bits per heavy atom. The number of allylic oxidation sites excluding steroid dienone is 1. The summed E-state index contributed by atoms with van der Waals surface area (Å²) in [5.41, 5.74) is 5.08. The lowest BCUT2D eigenvalue weighted by atomic mass is 10.1. The van der Waals surface area contributed by atoms with Crippen LogP contribution in [-0.4, -0.2) is 31.2 Å². The van der Waals surface area contributed by atoms with Gasteiger partial charge in [0.25, 0.3) is 0 Å². The van der Waals surface area contributed by atoms with Gasteiger partial charge >= 0.3 is 6.18 Å². The molecule has 10 heteroatoms. The summed E-state index contributed by atoms with van der Waals surface area (Å²) in [5.74, 6) is 0. The molecule has 3 N–H and O–H groups in total. The van der Waals surface area contributed by atoms with Gasteiger partial charge in [0.1, 0.15) is 0 Å². The lowest BCUT2D eigenvalue weighted by Crippen LogP contribution is -2.04. The highest BCUT2D eigenvalue weighted by Crippen LogP contribution is 2.30. The van der Waals surface area contributed by atoms with E-state index < -0.39 is 11.7 Å². The minimum absolute atomic E-state index is 0.336. The van der Waals surface area contributed by atoms with E-state index in [0.717, 1.165) is 52.9 Å². The van der Waals surface area contributed by atoms with Crippen LogP contribution < -0.4 is 16.0 Å². The maximum absolute atomic E-state index is 12.0. The number of alkyl halides is 3. The molecule has 178 valence electrons. The number of anilines is 4. The van der Waals surface area contributed by atoms with Gasteiger partial charge in [-0.15, -0.1) is 11.3 Å². The van der Waals surface area contributed by atoms with E-state index in [4.69, 9.17) is 0 Å². The van der Waals surface area contributed by atoms with Crippen molar-refractivity contribution < 1.29 is 18.0 Å². The Morgan fingerprint density at radius 2 is 1.82 bits per heavy atom. The Kier molecular flexibility index (Phi) is 8.42. The molecule has 0 saturated heterocycles. The van der Waals surface area contributed by atoms with E-state index in [1.807, 2.05) is 13.3 Å². The summed E-state index contributed by atoms with van der Waals surface area (Å²) in [7, 11) is 1.92. The van der Waals surface area contributed by atoms with Crippen molar-refractivity contribution >= 4 is 51.7 Å². The first-order chi connectivity index (χ1) is 16.3. The minimum atomic E-state index is -4.33. The minimum Gasteiger partial charge on any atom is -0.388 e. The molecule has 3 aromatic rings. The summed E-state index contributed by atoms with van der Waals surface area (Å²) in [4.78, 5) is 18.9. The predicted molar refractivity (Wildman–Crippen MR) is 133 cm³/mol. The summed E-state index contributed by atoms with van der Waals surface area (Å²) in [6.45, 7) is 2.97. The van der Waals surface area contributed by atoms with Gasteiger partial charge in [0.15, 0.2) is 5.13 Å². The molecule has 1 aromatic heterocycles. The van der Waals surface area contributed by atoms with Crippen molar-refractivity contribution in [2.75, 3.05) is 29.5 Å². The van der Waals surface area contributed by atoms with Crippen molar-refractivity contribution in [2.45, 2.75) is 19.5 Å². The Morgan fingerprint density at radius 3 is 2.44 bits per heavy atom. The molecule has 0 radical (unpaired) electrons. The van der Waals surface area contributed by atoms with Crippen LogP contribution in [-0.2, 0) is 11.0 Å². The van der Waals surface area contributed by atoms with Crippen LogP contribution in [0.4, 0.5) is 35.4 Å². The molecule has 0 unspecified atom stereocenters. The smallest absolute Gasteiger partial charge is 0.388 e. The highest BCUT2D eigenvalue weighted by Gasteiger charge is 2.29. The van der Waals surface area contributed by atoms with Gasteiger partial charge in [0.05, 0.1) is 11.3 Å². The van der Waals surface area contributed by atoms with Crippen LogP contribution in [0.25, 0.3) is 5.57 Å². The number of halogens is 3. The van der Waals surface area contributed by atoms with Crippen molar-refractivity contribution in [3.63, 3.8) is 0 Å². The number of aliphatic imine (C=N–C) groups is 1. The van der Waals surface area contributed by atoms with Crippen molar-refractivity contribution in [1.82, 2.24) is 4.98 Å². The van der Waals surface area contributed by atoms with Crippen LogP contribution in [0.15, 0.2) is 58.9 Å². The van der Waals surface area contributed by atoms with Crippen LogP contribution in [0, 0.1) is 6.92 Å². The SMILES string of the molecule is CNc1ccc(C)c(Nc2nc(C3=CCCN=C3)cs2)c1.O=CNc1ccc(C(F)(F)F)cc1. The Labute approximate surface area is 199 Å². The Bertz CT molecular complexity index is 1170. The first-order valence-corrected chi connectivity index (χ1v) is 11.3. The third-order valence-electron chi connectivity index (χ3n) is 4.86. The number of carbonyl (C=O) groups excluding carboxylic acids is 1. The molecule has 0 bridgehead atoms. The molecule has 0 saturated carbocycles. The number of dihydropyridines is 1. The van der Waals surface area contributed by atoms with Gasteiger partial charge < -0.3 is 16.0 Å². The summed E-state index contributed by atoms with van der Waals surface area (Å²) in [6.07, 6.45) is 1.17. The zero-order valence-corrected chi connectivity index (χ0v) is 19.4. The van der Waals surface area contributed by atoms with Crippen LogP contribution in [0.5, 0.6) is 0 Å². The number of hydrogen-bond acceptors (Lipinski definition) is 6. The zero-order chi connectivity index (χ0) is 24.6. The number of nitrogens with one attached hydrogen (secondary N) is 3. The number of thiazole rings is 1. The van der Waals surface area contributed by atoms with E-state index in [0.29, 0.717) is 12.1 Å². The van der Waals surface area contributed by atoms with E-state index in [2.05, 4.69) is 62.5 Å². The second-order valence-electron chi connectivity index (χ2n) is 7.26. The Balaban J connectivity index is 0.000000215. The quantitative estimate of drug-likeness (QED) is 0.353. The largest absolute Gasteiger partial charge is 0.416 e. The van der Waals surface area contributed by atoms with Crippen molar-refractivity contribution in [3.05, 3.63) is 70.7 Å². The number of amides is 1. The maximum atomic E-state index is 12.0. The van der Waals surface area contributed by atoms with Crippen molar-refractivity contribution in [1.29, 1.82) is 0 Å². The van der Waals surface area contributed by atoms with Crippen LogP contribution in [0.1, 0.15) is 23.2 Å². The summed E-state index contributed by atoms with van der Waals surface area (Å²) in [6, 6.07) is 10.5. The molecule has 1 aliphatic heterocycles. The predicted octanol–water partition coefficient (Wildman–Crippen LogP) is 6.37. The number of aryl methyl sites for hydroxylation is 1. The second kappa shape index (κ2) is 11.5. The fourth-order valence-electron chi connectivity index (χ4n) is 3.00. The molecular formula is C24H24F3N5OS. The fraction of sp³-hybridized carbons (Fsp3) is 0.208. The lowest BCUT2D eigenvalue weighted by molar-refractivity contribution is -0.137. The number of carbonyl (C=O) groups is 1. The van der Waals surface area contributed by atoms with E-state index in [-0.39, 0.29) is 0 Å². The molecule has 0 aliphatic carbocycles. The molecule has 0 spiro atoms. The molecule has 1 aliphatic rings. The summed E-state index contributed by atoms with van der Waals surface area (Å²) >= 11 is 1.62. The van der Waals surface area contributed by atoms with E-state index in [1.165, 1.54) is 17.7 Å². The topological polar surface area (TPSA) is 78.4 Å². The van der Waals surface area contributed by atoms with Crippen molar-refractivity contribution in [2.24, 2.45) is 4.99 Å². The summed E-state index contributed by atoms with van der Waals surface area (Å²) < 4.78 is 36.0. The second-order valence-corrected chi connectivity index (χ2v) is 8.12. The molecule has 0 fully saturated rings. The standard InChI is InChI=1S/C16H18N4S.C8H6F3NO/c1-11-5-6-13(17-2)8-14(11)19-16-20-15(10-21-16)12-4-3-7-18-9-12;9-8(10,11)6-1-3-7(4-2-6)12-5-13/h4-6,8-10,17H,3,7H2,1-2H3,(H,19,20);1-5H,(H,12,13). The molecule has 0 atom stereocenters. The van der Waals surface area contributed by atoms with Crippen molar-refractivity contribution in [3.8, 4) is 0 Å². The average Bonchev–Trinajstić information content (AvgIpc) is 3.30. The molecule has 2 aromatic carbocycles. The van der Waals surface area contributed by atoms with Gasteiger partial charge in [-0.3, -0.25) is 9.79 Å². The third kappa shape index (κ3) is 6.92. The van der Waals surface area contributed by atoms with Gasteiger partial charge in [-0.2, -0.15) is 13.2 Å². The van der Waals surface area contributed by atoms with Gasteiger partial charge in [-0.05, 0) is 55.3 Å². The van der Waals surface area contributed by atoms with Crippen LogP contribution in [0.2, 0.25) is 0 Å². The first-order valence-electron chi connectivity index (χ1n) is 10.4. The monoisotopic (exact) mass is 487 g/mol. The number of hydrogen-bond donors (Lipinski definition) is 3. The number of aromatic nitrogens is 1. The van der Waals surface area contributed by atoms with E-state index in [1.54, 1.807) is 11.3 Å². The Hall–Kier alpha value is -3.66.